The molecule has 1 aliphatic carbocycles. The summed E-state index contributed by atoms with van der Waals surface area (Å²) in [6.07, 6.45) is 7.91. The van der Waals surface area contributed by atoms with Gasteiger partial charge in [0.25, 0.3) is 5.91 Å². The number of sulfonamides is 1. The zero-order chi connectivity index (χ0) is 23.6. The Labute approximate surface area is 196 Å². The summed E-state index contributed by atoms with van der Waals surface area (Å²) in [5, 5.41) is 5.99. The standard InChI is InChI=1S/C24H35N3O5S/c1-3-20-24(29)26-19-13-16(2)22(14-21(19)32-20)33(30,31)27-12-8-9-17(15-27)23(28)25-18-10-6-4-5-7-11-18/h13-14,17-18,20H,3-12,15H2,1-2H3,(H,25,28)(H,26,29)/t17-,20-/m0/s1. The van der Waals surface area contributed by atoms with E-state index in [4.69, 9.17) is 4.74 Å². The van der Waals surface area contributed by atoms with Gasteiger partial charge in [-0.15, -0.1) is 0 Å². The minimum absolute atomic E-state index is 0.0270. The number of anilines is 1. The van der Waals surface area contributed by atoms with Gasteiger partial charge in [-0.3, -0.25) is 9.59 Å². The van der Waals surface area contributed by atoms with E-state index in [0.717, 1.165) is 25.7 Å². The van der Waals surface area contributed by atoms with E-state index < -0.39 is 16.1 Å². The lowest BCUT2D eigenvalue weighted by Crippen LogP contribution is -2.47. The maximum absolute atomic E-state index is 13.6. The molecule has 2 atom stereocenters. The van der Waals surface area contributed by atoms with Crippen LogP contribution in [-0.4, -0.2) is 49.8 Å². The molecule has 3 aliphatic rings. The van der Waals surface area contributed by atoms with E-state index in [1.54, 1.807) is 13.0 Å². The summed E-state index contributed by atoms with van der Waals surface area (Å²) in [5.41, 5.74) is 1.03. The molecular weight excluding hydrogens is 442 g/mol. The highest BCUT2D eigenvalue weighted by Gasteiger charge is 2.36. The summed E-state index contributed by atoms with van der Waals surface area (Å²) >= 11 is 0. The number of carbonyl (C=O) groups is 2. The quantitative estimate of drug-likeness (QED) is 0.633. The number of nitrogens with zero attached hydrogens (tertiary/aromatic N) is 1. The number of nitrogens with one attached hydrogen (secondary N) is 2. The van der Waals surface area contributed by atoms with E-state index >= 15 is 0 Å². The molecule has 182 valence electrons. The number of benzene rings is 1. The van der Waals surface area contributed by atoms with E-state index in [1.807, 2.05) is 6.92 Å². The molecule has 1 aromatic carbocycles. The molecule has 33 heavy (non-hydrogen) atoms. The van der Waals surface area contributed by atoms with Crippen LogP contribution in [-0.2, 0) is 19.6 Å². The van der Waals surface area contributed by atoms with Crippen LogP contribution in [0.2, 0.25) is 0 Å². The van der Waals surface area contributed by atoms with Crippen molar-refractivity contribution in [1.29, 1.82) is 0 Å². The summed E-state index contributed by atoms with van der Waals surface area (Å²) in [4.78, 5) is 25.2. The van der Waals surface area contributed by atoms with Crippen molar-refractivity contribution in [3.8, 4) is 5.75 Å². The highest BCUT2D eigenvalue weighted by Crippen LogP contribution is 2.36. The first-order valence-corrected chi connectivity index (χ1v) is 13.7. The summed E-state index contributed by atoms with van der Waals surface area (Å²) in [5.74, 6) is -0.223. The fourth-order valence-corrected chi connectivity index (χ4v) is 6.83. The zero-order valence-electron chi connectivity index (χ0n) is 19.6. The highest BCUT2D eigenvalue weighted by atomic mass is 32.2. The number of hydrogen-bond donors (Lipinski definition) is 2. The molecule has 4 rings (SSSR count). The lowest BCUT2D eigenvalue weighted by Gasteiger charge is -2.33. The molecule has 0 radical (unpaired) electrons. The van der Waals surface area contributed by atoms with Crippen molar-refractivity contribution < 1.29 is 22.7 Å². The Balaban J connectivity index is 1.50. The third-order valence-corrected chi connectivity index (χ3v) is 9.05. The number of hydrogen-bond acceptors (Lipinski definition) is 5. The van der Waals surface area contributed by atoms with Gasteiger partial charge in [-0.2, -0.15) is 4.31 Å². The molecule has 0 unspecified atom stereocenters. The number of piperidine rings is 1. The monoisotopic (exact) mass is 477 g/mol. The molecule has 8 nitrogen and oxygen atoms in total. The second-order valence-corrected chi connectivity index (χ2v) is 11.4. The fourth-order valence-electron chi connectivity index (χ4n) is 5.09. The molecule has 2 fully saturated rings. The summed E-state index contributed by atoms with van der Waals surface area (Å²) < 4.78 is 34.3. The fraction of sp³-hybridized carbons (Fsp3) is 0.667. The number of aryl methyl sites for hydroxylation is 1. The molecule has 1 saturated heterocycles. The largest absolute Gasteiger partial charge is 0.478 e. The van der Waals surface area contributed by atoms with E-state index in [1.165, 1.54) is 23.2 Å². The van der Waals surface area contributed by atoms with Crippen LogP contribution in [0.3, 0.4) is 0 Å². The van der Waals surface area contributed by atoms with Crippen LogP contribution >= 0.6 is 0 Å². The van der Waals surface area contributed by atoms with Gasteiger partial charge in [-0.05, 0) is 50.7 Å². The normalized spacial score (nSPS) is 24.8. The summed E-state index contributed by atoms with van der Waals surface area (Å²) in [7, 11) is -3.81. The van der Waals surface area contributed by atoms with Crippen LogP contribution in [0.5, 0.6) is 5.75 Å². The smallest absolute Gasteiger partial charge is 0.265 e. The number of carbonyl (C=O) groups excluding carboxylic acids is 2. The molecule has 0 spiro atoms. The van der Waals surface area contributed by atoms with E-state index in [9.17, 15) is 18.0 Å². The van der Waals surface area contributed by atoms with Gasteiger partial charge in [0.2, 0.25) is 15.9 Å². The van der Waals surface area contributed by atoms with E-state index in [0.29, 0.717) is 42.8 Å². The van der Waals surface area contributed by atoms with Gasteiger partial charge < -0.3 is 15.4 Å². The van der Waals surface area contributed by atoms with Crippen molar-refractivity contribution in [2.45, 2.75) is 88.7 Å². The second kappa shape index (κ2) is 10.0. The molecule has 0 aromatic heterocycles. The number of rotatable bonds is 5. The highest BCUT2D eigenvalue weighted by molar-refractivity contribution is 7.89. The number of amides is 2. The molecule has 9 heteroatoms. The lowest BCUT2D eigenvalue weighted by atomic mass is 9.97. The predicted octanol–water partition coefficient (Wildman–Crippen LogP) is 3.34. The van der Waals surface area contributed by atoms with E-state index in [2.05, 4.69) is 10.6 Å². The minimum Gasteiger partial charge on any atom is -0.478 e. The minimum atomic E-state index is -3.81. The van der Waals surface area contributed by atoms with Crippen LogP contribution < -0.4 is 15.4 Å². The number of ether oxygens (including phenoxy) is 1. The maximum atomic E-state index is 13.6. The molecule has 1 aromatic rings. The van der Waals surface area contributed by atoms with Gasteiger partial charge in [0.05, 0.1) is 16.5 Å². The van der Waals surface area contributed by atoms with Crippen molar-refractivity contribution in [3.05, 3.63) is 17.7 Å². The molecule has 2 aliphatic heterocycles. The van der Waals surface area contributed by atoms with Gasteiger partial charge in [0.15, 0.2) is 6.10 Å². The molecule has 0 bridgehead atoms. The maximum Gasteiger partial charge on any atom is 0.265 e. The van der Waals surface area contributed by atoms with Crippen LogP contribution in [0.15, 0.2) is 17.0 Å². The first-order valence-electron chi connectivity index (χ1n) is 12.2. The Hall–Kier alpha value is -2.13. The van der Waals surface area contributed by atoms with Crippen LogP contribution in [0.4, 0.5) is 5.69 Å². The summed E-state index contributed by atoms with van der Waals surface area (Å²) in [6.45, 7) is 4.13. The average molecular weight is 478 g/mol. The van der Waals surface area contributed by atoms with Gasteiger partial charge in [0, 0.05) is 25.2 Å². The third-order valence-electron chi connectivity index (χ3n) is 7.04. The van der Waals surface area contributed by atoms with Gasteiger partial charge in [-0.25, -0.2) is 8.42 Å². The topological polar surface area (TPSA) is 105 Å². The zero-order valence-corrected chi connectivity index (χ0v) is 20.4. The van der Waals surface area contributed by atoms with Gasteiger partial charge >= 0.3 is 0 Å². The second-order valence-electron chi connectivity index (χ2n) is 9.52. The predicted molar refractivity (Wildman–Crippen MR) is 126 cm³/mol. The van der Waals surface area contributed by atoms with Crippen molar-refractivity contribution in [1.82, 2.24) is 9.62 Å². The molecule has 2 amide bonds. The lowest BCUT2D eigenvalue weighted by molar-refractivity contribution is -0.127. The van der Waals surface area contributed by atoms with Gasteiger partial charge in [0.1, 0.15) is 5.75 Å². The first kappa shape index (κ1) is 24.0. The van der Waals surface area contributed by atoms with Crippen molar-refractivity contribution in [2.75, 3.05) is 18.4 Å². The Kier molecular flexibility index (Phi) is 7.28. The molecule has 2 N–H and O–H groups in total. The molecule has 2 heterocycles. The van der Waals surface area contributed by atoms with Crippen LogP contribution in [0.25, 0.3) is 0 Å². The molecular formula is C24H35N3O5S. The van der Waals surface area contributed by atoms with E-state index in [-0.39, 0.29) is 35.2 Å². The SMILES string of the molecule is CC[C@@H]1Oc2cc(S(=O)(=O)N3CCC[C@H](C(=O)NC4CCCCCC4)C3)c(C)cc2NC1=O. The van der Waals surface area contributed by atoms with Crippen molar-refractivity contribution >= 4 is 27.5 Å². The molecule has 1 saturated carbocycles. The Morgan fingerprint density at radius 3 is 2.58 bits per heavy atom. The van der Waals surface area contributed by atoms with Crippen molar-refractivity contribution in [2.24, 2.45) is 5.92 Å². The Morgan fingerprint density at radius 1 is 1.15 bits per heavy atom. The van der Waals surface area contributed by atoms with Crippen LogP contribution in [0, 0.1) is 12.8 Å². The Bertz CT molecular complexity index is 1000. The summed E-state index contributed by atoms with van der Waals surface area (Å²) in [6, 6.07) is 3.36. The van der Waals surface area contributed by atoms with Gasteiger partial charge in [-0.1, -0.05) is 32.6 Å². The van der Waals surface area contributed by atoms with Crippen molar-refractivity contribution in [3.63, 3.8) is 0 Å². The average Bonchev–Trinajstić information content (AvgIpc) is 3.07. The number of fused-ring (bicyclic) bond motifs is 1. The third kappa shape index (κ3) is 5.19. The van der Waals surface area contributed by atoms with Crippen LogP contribution in [0.1, 0.15) is 70.3 Å². The first-order chi connectivity index (χ1) is 15.8. The Morgan fingerprint density at radius 2 is 1.88 bits per heavy atom.